The molecule has 2 fully saturated rings. The van der Waals surface area contributed by atoms with Crippen molar-refractivity contribution < 1.29 is 4.74 Å². The average Bonchev–Trinajstić information content (AvgIpc) is 3.07. The Balaban J connectivity index is 1.34. The molecule has 0 saturated carbocycles. The molecule has 3 heterocycles. The van der Waals surface area contributed by atoms with Crippen LogP contribution in [0.1, 0.15) is 77.7 Å². The first-order valence-electron chi connectivity index (χ1n) is 17.5. The zero-order chi connectivity index (χ0) is 31.8. The third-order valence-corrected chi connectivity index (χ3v) is 9.53. The van der Waals surface area contributed by atoms with Crippen molar-refractivity contribution in [3.63, 3.8) is 0 Å². The van der Waals surface area contributed by atoms with Gasteiger partial charge in [0, 0.05) is 63.6 Å². The van der Waals surface area contributed by atoms with Crippen LogP contribution in [0.2, 0.25) is 0 Å². The molecule has 3 aromatic rings. The maximum atomic E-state index is 14.1. The minimum atomic E-state index is 0.0768. The fraction of sp³-hybridized carbons (Fsp3) is 0.622. The van der Waals surface area contributed by atoms with Crippen molar-refractivity contribution in [2.24, 2.45) is 0 Å². The molecule has 2 aliphatic heterocycles. The van der Waals surface area contributed by atoms with Crippen LogP contribution in [0.4, 0.5) is 5.69 Å². The average molecular weight is 617 g/mol. The van der Waals surface area contributed by atoms with Crippen LogP contribution in [0.5, 0.6) is 0 Å². The van der Waals surface area contributed by atoms with Crippen molar-refractivity contribution >= 4 is 16.6 Å². The van der Waals surface area contributed by atoms with E-state index in [2.05, 4.69) is 103 Å². The van der Waals surface area contributed by atoms with Crippen LogP contribution < -0.4 is 15.8 Å². The highest BCUT2D eigenvalue weighted by Crippen LogP contribution is 2.28. The zero-order valence-corrected chi connectivity index (χ0v) is 28.4. The highest BCUT2D eigenvalue weighted by atomic mass is 16.5. The van der Waals surface area contributed by atoms with E-state index in [4.69, 9.17) is 9.72 Å². The van der Waals surface area contributed by atoms with E-state index in [-0.39, 0.29) is 17.7 Å². The normalized spacial score (nSPS) is 23.6. The molecule has 0 aliphatic carbocycles. The molecule has 0 radical (unpaired) electrons. The monoisotopic (exact) mass is 616 g/mol. The van der Waals surface area contributed by atoms with E-state index in [1.54, 1.807) is 0 Å². The number of fused-ring (bicyclic) bond motifs is 1. The van der Waals surface area contributed by atoms with Crippen LogP contribution in [-0.4, -0.2) is 90.0 Å². The zero-order valence-electron chi connectivity index (χ0n) is 28.4. The summed E-state index contributed by atoms with van der Waals surface area (Å²) in [7, 11) is 0. The smallest absolute Gasteiger partial charge is 0.261 e. The Morgan fingerprint density at radius 3 is 2.44 bits per heavy atom. The molecule has 0 bridgehead atoms. The van der Waals surface area contributed by atoms with Gasteiger partial charge in [0.05, 0.1) is 29.7 Å². The van der Waals surface area contributed by atoms with Gasteiger partial charge in [-0.3, -0.25) is 14.3 Å². The highest BCUT2D eigenvalue weighted by Gasteiger charge is 2.31. The Morgan fingerprint density at radius 2 is 1.71 bits per heavy atom. The summed E-state index contributed by atoms with van der Waals surface area (Å²) >= 11 is 0. The Bertz CT molecular complexity index is 1400. The minimum absolute atomic E-state index is 0.0768. The van der Waals surface area contributed by atoms with Gasteiger partial charge in [-0.15, -0.1) is 0 Å². The lowest BCUT2D eigenvalue weighted by Gasteiger charge is -2.41. The van der Waals surface area contributed by atoms with Crippen molar-refractivity contribution in [3.8, 4) is 0 Å². The quantitative estimate of drug-likeness (QED) is 0.341. The maximum absolute atomic E-state index is 14.1. The van der Waals surface area contributed by atoms with Gasteiger partial charge >= 0.3 is 0 Å². The third kappa shape index (κ3) is 8.73. The lowest BCUT2D eigenvalue weighted by molar-refractivity contribution is 0.0538. The first kappa shape index (κ1) is 33.6. The summed E-state index contributed by atoms with van der Waals surface area (Å²) < 4.78 is 8.26. The summed E-state index contributed by atoms with van der Waals surface area (Å²) in [6.07, 6.45) is 5.45. The molecule has 0 amide bonds. The van der Waals surface area contributed by atoms with E-state index >= 15 is 0 Å². The van der Waals surface area contributed by atoms with Gasteiger partial charge in [-0.25, -0.2) is 4.98 Å². The summed E-state index contributed by atoms with van der Waals surface area (Å²) in [6, 6.07) is 18.0. The number of nitrogens with one attached hydrogen (secondary N) is 1. The first-order chi connectivity index (χ1) is 21.9. The van der Waals surface area contributed by atoms with Crippen molar-refractivity contribution in [1.29, 1.82) is 0 Å². The molecule has 2 aromatic carbocycles. The number of nitrogens with zero attached hydrogens (tertiary/aromatic N) is 5. The van der Waals surface area contributed by atoms with Gasteiger partial charge in [0.25, 0.3) is 5.56 Å². The van der Waals surface area contributed by atoms with Gasteiger partial charge in [0.2, 0.25) is 0 Å². The minimum Gasteiger partial charge on any atom is -0.375 e. The maximum Gasteiger partial charge on any atom is 0.261 e. The fourth-order valence-electron chi connectivity index (χ4n) is 7.33. The van der Waals surface area contributed by atoms with Gasteiger partial charge in [-0.2, -0.15) is 0 Å². The standard InChI is InChI=1S/C37H56N6O2/c1-6-13-35(42-25-28(3)38-29(4)26-42)36-39-34-17-16-32(24-33(34)37(44)43(36)7-2)41-20-12-11-19-40(22-23-45-30(5)27-41)21-18-31-14-9-8-10-15-31/h8-10,14-17,24,28-30,35,38H,6-7,11-13,18-23,25-27H2,1-5H3/t28-,29+,30-,35-/m0/s1. The first-order valence-corrected chi connectivity index (χ1v) is 17.5. The molecule has 2 saturated heterocycles. The number of aromatic nitrogens is 2. The summed E-state index contributed by atoms with van der Waals surface area (Å²) in [4.78, 5) is 26.8. The molecule has 246 valence electrons. The van der Waals surface area contributed by atoms with E-state index < -0.39 is 0 Å². The Morgan fingerprint density at radius 1 is 0.956 bits per heavy atom. The number of hydrogen-bond donors (Lipinski definition) is 1. The van der Waals surface area contributed by atoms with Gasteiger partial charge < -0.3 is 19.9 Å². The van der Waals surface area contributed by atoms with E-state index in [0.717, 1.165) is 102 Å². The number of benzene rings is 2. The number of ether oxygens (including phenoxy) is 1. The molecule has 1 N–H and O–H groups in total. The molecule has 5 rings (SSSR count). The second-order valence-corrected chi connectivity index (χ2v) is 13.4. The van der Waals surface area contributed by atoms with Crippen molar-refractivity contribution in [1.82, 2.24) is 24.7 Å². The fourth-order valence-corrected chi connectivity index (χ4v) is 7.33. The molecule has 4 atom stereocenters. The van der Waals surface area contributed by atoms with Crippen molar-refractivity contribution in [2.45, 2.75) is 97.5 Å². The van der Waals surface area contributed by atoms with Gasteiger partial charge in [-0.05, 0) is 83.7 Å². The summed E-state index contributed by atoms with van der Waals surface area (Å²) in [5.41, 5.74) is 3.36. The Kier molecular flexibility index (Phi) is 12.1. The number of piperazine rings is 1. The Hall–Kier alpha value is -2.78. The van der Waals surface area contributed by atoms with Crippen molar-refractivity contribution in [2.75, 3.05) is 57.3 Å². The molecule has 8 nitrogen and oxygen atoms in total. The van der Waals surface area contributed by atoms with E-state index in [9.17, 15) is 4.79 Å². The van der Waals surface area contributed by atoms with Crippen LogP contribution in [0, 0.1) is 0 Å². The van der Waals surface area contributed by atoms with Gasteiger partial charge in [0.15, 0.2) is 0 Å². The van der Waals surface area contributed by atoms with E-state index in [1.807, 2.05) is 4.57 Å². The highest BCUT2D eigenvalue weighted by molar-refractivity contribution is 5.82. The van der Waals surface area contributed by atoms with Crippen LogP contribution >= 0.6 is 0 Å². The van der Waals surface area contributed by atoms with Gasteiger partial charge in [-0.1, -0.05) is 43.7 Å². The molecule has 2 aliphatic rings. The Labute approximate surface area is 270 Å². The number of rotatable bonds is 9. The van der Waals surface area contributed by atoms with Crippen LogP contribution in [0.15, 0.2) is 53.3 Å². The van der Waals surface area contributed by atoms with E-state index in [1.165, 1.54) is 5.56 Å². The van der Waals surface area contributed by atoms with Crippen LogP contribution in [0.25, 0.3) is 10.9 Å². The van der Waals surface area contributed by atoms with Crippen molar-refractivity contribution in [3.05, 3.63) is 70.3 Å². The summed E-state index contributed by atoms with van der Waals surface area (Å²) in [5, 5.41) is 4.37. The summed E-state index contributed by atoms with van der Waals surface area (Å²) in [5.74, 6) is 0.917. The molecule has 0 spiro atoms. The predicted molar refractivity (Wildman–Crippen MR) is 186 cm³/mol. The molecule has 45 heavy (non-hydrogen) atoms. The molecule has 0 unspecified atom stereocenters. The number of anilines is 1. The predicted octanol–water partition coefficient (Wildman–Crippen LogP) is 5.49. The number of hydrogen-bond acceptors (Lipinski definition) is 7. The van der Waals surface area contributed by atoms with Crippen LogP contribution in [-0.2, 0) is 17.7 Å². The topological polar surface area (TPSA) is 65.9 Å². The largest absolute Gasteiger partial charge is 0.375 e. The van der Waals surface area contributed by atoms with Gasteiger partial charge in [0.1, 0.15) is 5.82 Å². The lowest BCUT2D eigenvalue weighted by Crippen LogP contribution is -2.55. The second kappa shape index (κ2) is 16.2. The second-order valence-electron chi connectivity index (χ2n) is 13.4. The SMILES string of the molecule is CCC[C@@H](c1nc2ccc(N3CCCCN(CCc4ccccc4)CCO[C@@H](C)C3)cc2c(=O)n1CC)N1C[C@@H](C)N[C@@H](C)C1. The lowest BCUT2D eigenvalue weighted by atomic mass is 10.0. The molecular formula is C37H56N6O2. The molecule has 1 aromatic heterocycles. The molecular weight excluding hydrogens is 560 g/mol. The summed E-state index contributed by atoms with van der Waals surface area (Å²) in [6.45, 7) is 19.1. The third-order valence-electron chi connectivity index (χ3n) is 9.53. The molecule has 8 heteroatoms. The van der Waals surface area contributed by atoms with Crippen LogP contribution in [0.3, 0.4) is 0 Å². The van der Waals surface area contributed by atoms with E-state index in [0.29, 0.717) is 24.0 Å².